The van der Waals surface area contributed by atoms with Crippen LogP contribution < -0.4 is 16.6 Å². The highest BCUT2D eigenvalue weighted by Gasteiger charge is 2.01. The molecule has 0 atom stereocenters. The zero-order valence-corrected chi connectivity index (χ0v) is 6.43. The maximum Gasteiger partial charge on any atom is 0.257 e. The van der Waals surface area contributed by atoms with E-state index in [9.17, 15) is 4.79 Å². The van der Waals surface area contributed by atoms with E-state index < -0.39 is 0 Å². The van der Waals surface area contributed by atoms with Crippen LogP contribution in [0, 0.1) is 6.92 Å². The first-order valence-corrected chi connectivity index (χ1v) is 3.19. The van der Waals surface area contributed by atoms with E-state index in [-0.39, 0.29) is 11.4 Å². The number of hydrogen-bond donors (Lipinski definition) is 3. The number of nitrogens with one attached hydrogen (secondary N) is 2. The van der Waals surface area contributed by atoms with Crippen LogP contribution in [-0.2, 0) is 0 Å². The fraction of sp³-hybridized carbons (Fsp3) is 0.333. The molecule has 11 heavy (non-hydrogen) atoms. The molecular weight excluding hydrogens is 144 g/mol. The van der Waals surface area contributed by atoms with Crippen LogP contribution in [0.2, 0.25) is 0 Å². The van der Waals surface area contributed by atoms with E-state index in [0.717, 1.165) is 0 Å². The van der Waals surface area contributed by atoms with Crippen molar-refractivity contribution in [3.05, 3.63) is 15.9 Å². The highest BCUT2D eigenvalue weighted by molar-refractivity contribution is 5.41. The lowest BCUT2D eigenvalue weighted by atomic mass is 10.3. The largest absolute Gasteiger partial charge is 0.383 e. The van der Waals surface area contributed by atoms with Crippen molar-refractivity contribution in [3.8, 4) is 0 Å². The summed E-state index contributed by atoms with van der Waals surface area (Å²) in [6, 6.07) is 0. The molecule has 0 saturated heterocycles. The predicted molar refractivity (Wildman–Crippen MR) is 43.6 cm³/mol. The molecular formula is C6H10N4O. The lowest BCUT2D eigenvalue weighted by molar-refractivity contribution is 1.08. The molecule has 0 radical (unpaired) electrons. The van der Waals surface area contributed by atoms with Crippen LogP contribution >= 0.6 is 0 Å². The molecule has 0 saturated carbocycles. The summed E-state index contributed by atoms with van der Waals surface area (Å²) in [4.78, 5) is 17.4. The number of aromatic amines is 1. The van der Waals surface area contributed by atoms with Crippen molar-refractivity contribution in [2.75, 3.05) is 18.1 Å². The van der Waals surface area contributed by atoms with Gasteiger partial charge in [0.2, 0.25) is 5.95 Å². The molecule has 0 unspecified atom stereocenters. The third-order valence-electron chi connectivity index (χ3n) is 1.43. The second-order valence-electron chi connectivity index (χ2n) is 2.17. The molecule has 0 aromatic carbocycles. The van der Waals surface area contributed by atoms with E-state index in [2.05, 4.69) is 15.3 Å². The van der Waals surface area contributed by atoms with E-state index in [0.29, 0.717) is 11.5 Å². The third kappa shape index (κ3) is 1.31. The highest BCUT2D eigenvalue weighted by atomic mass is 16.1. The Morgan fingerprint density at radius 2 is 2.27 bits per heavy atom. The molecule has 5 nitrogen and oxygen atoms in total. The quantitative estimate of drug-likeness (QED) is 0.518. The molecule has 1 rings (SSSR count). The molecule has 0 bridgehead atoms. The van der Waals surface area contributed by atoms with Gasteiger partial charge in [-0.15, -0.1) is 0 Å². The Morgan fingerprint density at radius 3 is 2.73 bits per heavy atom. The molecule has 0 aliphatic rings. The fourth-order valence-corrected chi connectivity index (χ4v) is 0.668. The maximum atomic E-state index is 11.0. The van der Waals surface area contributed by atoms with Gasteiger partial charge in [-0.3, -0.25) is 9.78 Å². The first-order valence-electron chi connectivity index (χ1n) is 3.19. The van der Waals surface area contributed by atoms with Gasteiger partial charge in [-0.05, 0) is 6.92 Å². The van der Waals surface area contributed by atoms with Crippen LogP contribution in [0.1, 0.15) is 5.56 Å². The minimum atomic E-state index is -0.207. The van der Waals surface area contributed by atoms with Crippen molar-refractivity contribution >= 4 is 11.8 Å². The van der Waals surface area contributed by atoms with Gasteiger partial charge >= 0.3 is 0 Å². The molecule has 5 heteroatoms. The standard InChI is InChI=1S/C6H10N4O/c1-3-4(7)9-6(8-2)10-5(3)11/h1-2H3,(H4,7,8,9,10,11). The smallest absolute Gasteiger partial charge is 0.257 e. The van der Waals surface area contributed by atoms with E-state index in [4.69, 9.17) is 5.73 Å². The Hall–Kier alpha value is -1.52. The summed E-state index contributed by atoms with van der Waals surface area (Å²) in [5.41, 5.74) is 5.67. The summed E-state index contributed by atoms with van der Waals surface area (Å²) >= 11 is 0. The van der Waals surface area contributed by atoms with Crippen LogP contribution in [0.4, 0.5) is 11.8 Å². The zero-order chi connectivity index (χ0) is 8.43. The lowest BCUT2D eigenvalue weighted by Crippen LogP contribution is -2.16. The van der Waals surface area contributed by atoms with Crippen molar-refractivity contribution in [1.29, 1.82) is 0 Å². The van der Waals surface area contributed by atoms with Gasteiger partial charge in [0.25, 0.3) is 5.56 Å². The van der Waals surface area contributed by atoms with E-state index >= 15 is 0 Å². The number of nitrogens with zero attached hydrogens (tertiary/aromatic N) is 1. The minimum Gasteiger partial charge on any atom is -0.383 e. The second-order valence-corrected chi connectivity index (χ2v) is 2.17. The van der Waals surface area contributed by atoms with Gasteiger partial charge in [0.1, 0.15) is 5.82 Å². The Morgan fingerprint density at radius 1 is 1.64 bits per heavy atom. The molecule has 0 aliphatic carbocycles. The average molecular weight is 154 g/mol. The van der Waals surface area contributed by atoms with Crippen molar-refractivity contribution in [1.82, 2.24) is 9.97 Å². The molecule has 0 spiro atoms. The molecule has 60 valence electrons. The number of anilines is 2. The highest BCUT2D eigenvalue weighted by Crippen LogP contribution is 2.01. The van der Waals surface area contributed by atoms with Gasteiger partial charge in [-0.1, -0.05) is 0 Å². The summed E-state index contributed by atoms with van der Waals surface area (Å²) in [7, 11) is 1.66. The Labute approximate surface area is 63.7 Å². The number of aromatic nitrogens is 2. The predicted octanol–water partition coefficient (Wildman–Crippen LogP) is -0.298. The molecule has 0 fully saturated rings. The maximum absolute atomic E-state index is 11.0. The summed E-state index contributed by atoms with van der Waals surface area (Å²) in [6.45, 7) is 1.63. The summed E-state index contributed by atoms with van der Waals surface area (Å²) < 4.78 is 0. The van der Waals surface area contributed by atoms with Crippen molar-refractivity contribution in [3.63, 3.8) is 0 Å². The molecule has 4 N–H and O–H groups in total. The van der Waals surface area contributed by atoms with Crippen molar-refractivity contribution in [2.45, 2.75) is 6.92 Å². The Balaban J connectivity index is 3.32. The van der Waals surface area contributed by atoms with Crippen LogP contribution in [0.25, 0.3) is 0 Å². The molecule has 1 aromatic rings. The number of H-pyrrole nitrogens is 1. The van der Waals surface area contributed by atoms with E-state index in [1.54, 1.807) is 14.0 Å². The SMILES string of the molecule is CNc1nc(N)c(C)c(=O)[nH]1. The normalized spacial score (nSPS) is 9.64. The number of hydrogen-bond acceptors (Lipinski definition) is 4. The molecule has 0 amide bonds. The first kappa shape index (κ1) is 7.59. The van der Waals surface area contributed by atoms with Crippen LogP contribution in [0.15, 0.2) is 4.79 Å². The van der Waals surface area contributed by atoms with E-state index in [1.165, 1.54) is 0 Å². The number of nitrogen functional groups attached to an aromatic ring is 1. The summed E-state index contributed by atoms with van der Waals surface area (Å²) in [5.74, 6) is 0.649. The fourth-order valence-electron chi connectivity index (χ4n) is 0.668. The molecule has 0 aliphatic heterocycles. The topological polar surface area (TPSA) is 83.8 Å². The number of nitrogens with two attached hydrogens (primary N) is 1. The van der Waals surface area contributed by atoms with Crippen LogP contribution in [-0.4, -0.2) is 17.0 Å². The van der Waals surface area contributed by atoms with E-state index in [1.807, 2.05) is 0 Å². The average Bonchev–Trinajstić information content (AvgIpc) is 1.99. The molecule has 1 aromatic heterocycles. The van der Waals surface area contributed by atoms with Gasteiger partial charge in [0.15, 0.2) is 0 Å². The van der Waals surface area contributed by atoms with Crippen LogP contribution in [0.5, 0.6) is 0 Å². The van der Waals surface area contributed by atoms with Gasteiger partial charge in [0.05, 0.1) is 5.56 Å². The van der Waals surface area contributed by atoms with Gasteiger partial charge in [-0.25, -0.2) is 0 Å². The van der Waals surface area contributed by atoms with Gasteiger partial charge in [-0.2, -0.15) is 4.98 Å². The van der Waals surface area contributed by atoms with Crippen molar-refractivity contribution < 1.29 is 0 Å². The van der Waals surface area contributed by atoms with Crippen molar-refractivity contribution in [2.24, 2.45) is 0 Å². The van der Waals surface area contributed by atoms with Crippen LogP contribution in [0.3, 0.4) is 0 Å². The number of rotatable bonds is 1. The third-order valence-corrected chi connectivity index (χ3v) is 1.43. The zero-order valence-electron chi connectivity index (χ0n) is 6.43. The second kappa shape index (κ2) is 2.61. The summed E-state index contributed by atoms with van der Waals surface area (Å²) in [6.07, 6.45) is 0. The van der Waals surface area contributed by atoms with Gasteiger partial charge < -0.3 is 11.1 Å². The summed E-state index contributed by atoms with van der Waals surface area (Å²) in [5, 5.41) is 2.69. The first-order chi connectivity index (χ1) is 5.15. The van der Waals surface area contributed by atoms with Gasteiger partial charge in [0, 0.05) is 7.05 Å². The minimum absolute atomic E-state index is 0.207. The Bertz CT molecular complexity index is 317. The lowest BCUT2D eigenvalue weighted by Gasteiger charge is -2.01. The molecule has 1 heterocycles. The Kier molecular flexibility index (Phi) is 1.80. The monoisotopic (exact) mass is 154 g/mol.